The lowest BCUT2D eigenvalue weighted by Crippen LogP contribution is -2.22. The van der Waals surface area contributed by atoms with Crippen molar-refractivity contribution in [2.24, 2.45) is 5.10 Å². The highest BCUT2D eigenvalue weighted by atomic mass is 16.5. The third-order valence-electron chi connectivity index (χ3n) is 1.72. The third-order valence-corrected chi connectivity index (χ3v) is 1.72. The van der Waals surface area contributed by atoms with Crippen LogP contribution in [0.25, 0.3) is 0 Å². The first kappa shape index (κ1) is 13.2. The number of ketones is 1. The summed E-state index contributed by atoms with van der Waals surface area (Å²) in [6.45, 7) is 7.44. The van der Waals surface area contributed by atoms with E-state index in [9.17, 15) is 4.79 Å². The normalized spacial score (nSPS) is 11.5. The second kappa shape index (κ2) is 5.48. The highest BCUT2D eigenvalue weighted by molar-refractivity contribution is 6.26. The Balaban J connectivity index is 2.59. The van der Waals surface area contributed by atoms with Crippen LogP contribution in [0.2, 0.25) is 0 Å². The van der Waals surface area contributed by atoms with Crippen molar-refractivity contribution in [3.05, 3.63) is 24.3 Å². The van der Waals surface area contributed by atoms with E-state index >= 15 is 0 Å². The van der Waals surface area contributed by atoms with Crippen molar-refractivity contribution in [1.82, 2.24) is 0 Å². The van der Waals surface area contributed by atoms with Gasteiger partial charge in [0.25, 0.3) is 0 Å². The van der Waals surface area contributed by atoms with Crippen molar-refractivity contribution in [3.63, 3.8) is 0 Å². The monoisotopic (exact) mass is 234 g/mol. The Labute approximate surface area is 102 Å². The highest BCUT2D eigenvalue weighted by Gasteiger charge is 2.11. The molecule has 0 amide bonds. The van der Waals surface area contributed by atoms with E-state index in [4.69, 9.17) is 4.74 Å². The van der Waals surface area contributed by atoms with Crippen LogP contribution in [0.4, 0.5) is 5.69 Å². The number of ether oxygens (including phenoxy) is 1. The SMILES string of the molecule is CC(=O)/C=N/Nc1ccc(OC(C)(C)C)cc1. The molecule has 1 aromatic carbocycles. The number of carbonyl (C=O) groups excluding carboxylic acids is 1. The van der Waals surface area contributed by atoms with Crippen molar-refractivity contribution < 1.29 is 9.53 Å². The number of hydrogen-bond donors (Lipinski definition) is 1. The van der Waals surface area contributed by atoms with Gasteiger partial charge >= 0.3 is 0 Å². The molecule has 17 heavy (non-hydrogen) atoms. The molecule has 0 radical (unpaired) electrons. The van der Waals surface area contributed by atoms with Crippen LogP contribution in [-0.4, -0.2) is 17.6 Å². The van der Waals surface area contributed by atoms with Gasteiger partial charge in [-0.15, -0.1) is 0 Å². The number of nitrogens with zero attached hydrogens (tertiary/aromatic N) is 1. The molecule has 0 aromatic heterocycles. The first-order valence-corrected chi connectivity index (χ1v) is 5.45. The van der Waals surface area contributed by atoms with Gasteiger partial charge in [-0.05, 0) is 45.0 Å². The van der Waals surface area contributed by atoms with E-state index in [1.165, 1.54) is 13.1 Å². The summed E-state index contributed by atoms with van der Waals surface area (Å²) in [6, 6.07) is 7.41. The summed E-state index contributed by atoms with van der Waals surface area (Å²) in [5, 5.41) is 3.78. The molecule has 0 aliphatic heterocycles. The van der Waals surface area contributed by atoms with E-state index in [-0.39, 0.29) is 11.4 Å². The van der Waals surface area contributed by atoms with Crippen LogP contribution >= 0.6 is 0 Å². The number of rotatable bonds is 4. The predicted molar refractivity (Wildman–Crippen MR) is 69.6 cm³/mol. The summed E-state index contributed by atoms with van der Waals surface area (Å²) in [6.07, 6.45) is 1.24. The third kappa shape index (κ3) is 5.70. The first-order valence-electron chi connectivity index (χ1n) is 5.45. The van der Waals surface area contributed by atoms with Gasteiger partial charge in [0, 0.05) is 6.92 Å². The summed E-state index contributed by atoms with van der Waals surface area (Å²) in [7, 11) is 0. The van der Waals surface area contributed by atoms with E-state index < -0.39 is 0 Å². The minimum atomic E-state index is -0.207. The Morgan fingerprint density at radius 2 is 1.88 bits per heavy atom. The maximum absolute atomic E-state index is 10.6. The number of nitrogens with one attached hydrogen (secondary N) is 1. The van der Waals surface area contributed by atoms with Crippen LogP contribution in [0.3, 0.4) is 0 Å². The fourth-order valence-electron chi connectivity index (χ4n) is 1.15. The van der Waals surface area contributed by atoms with Gasteiger partial charge in [0.15, 0.2) is 5.78 Å². The van der Waals surface area contributed by atoms with E-state index in [0.29, 0.717) is 0 Å². The minimum Gasteiger partial charge on any atom is -0.488 e. The molecular formula is C13H18N2O2. The summed E-state index contributed by atoms with van der Waals surface area (Å²) >= 11 is 0. The van der Waals surface area contributed by atoms with Crippen molar-refractivity contribution >= 4 is 17.7 Å². The zero-order valence-corrected chi connectivity index (χ0v) is 10.7. The molecular weight excluding hydrogens is 216 g/mol. The van der Waals surface area contributed by atoms with E-state index in [2.05, 4.69) is 10.5 Å². The average Bonchev–Trinajstić information content (AvgIpc) is 2.18. The number of benzene rings is 1. The van der Waals surface area contributed by atoms with E-state index in [1.54, 1.807) is 0 Å². The van der Waals surface area contributed by atoms with Crippen molar-refractivity contribution in [2.75, 3.05) is 5.43 Å². The first-order chi connectivity index (χ1) is 7.87. The maximum Gasteiger partial charge on any atom is 0.172 e. The molecule has 1 rings (SSSR count). The molecule has 4 nitrogen and oxygen atoms in total. The molecule has 0 bridgehead atoms. The number of hydrogen-bond acceptors (Lipinski definition) is 4. The van der Waals surface area contributed by atoms with E-state index in [0.717, 1.165) is 11.4 Å². The lowest BCUT2D eigenvalue weighted by molar-refractivity contribution is -0.110. The predicted octanol–water partition coefficient (Wildman–Crippen LogP) is 2.85. The molecule has 1 N–H and O–H groups in total. The van der Waals surface area contributed by atoms with Crippen molar-refractivity contribution in [1.29, 1.82) is 0 Å². The molecule has 0 unspecified atom stereocenters. The second-order valence-corrected chi connectivity index (χ2v) is 4.72. The Morgan fingerprint density at radius 3 is 2.35 bits per heavy atom. The molecule has 0 heterocycles. The summed E-state index contributed by atoms with van der Waals surface area (Å²) in [4.78, 5) is 10.6. The molecule has 4 heteroatoms. The van der Waals surface area contributed by atoms with Crippen LogP contribution in [0.5, 0.6) is 5.75 Å². The lowest BCUT2D eigenvalue weighted by atomic mass is 10.2. The Hall–Kier alpha value is -1.84. The summed E-state index contributed by atoms with van der Waals surface area (Å²) in [5.41, 5.74) is 3.36. The number of hydrazone groups is 1. The molecule has 0 fully saturated rings. The molecule has 92 valence electrons. The Kier molecular flexibility index (Phi) is 4.26. The molecule has 0 aliphatic rings. The Morgan fingerprint density at radius 1 is 1.29 bits per heavy atom. The van der Waals surface area contributed by atoms with Crippen LogP contribution in [0.1, 0.15) is 27.7 Å². The number of anilines is 1. The standard InChI is InChI=1S/C13H18N2O2/c1-10(16)9-14-15-11-5-7-12(8-6-11)17-13(2,3)4/h5-9,15H,1-4H3/b14-9+. The number of carbonyl (C=O) groups is 1. The second-order valence-electron chi connectivity index (χ2n) is 4.72. The van der Waals surface area contributed by atoms with Gasteiger partial charge in [-0.25, -0.2) is 0 Å². The molecule has 0 spiro atoms. The van der Waals surface area contributed by atoms with Crippen molar-refractivity contribution in [3.8, 4) is 5.75 Å². The lowest BCUT2D eigenvalue weighted by Gasteiger charge is -2.21. The van der Waals surface area contributed by atoms with Gasteiger partial charge in [0.05, 0.1) is 11.9 Å². The molecule has 0 atom stereocenters. The molecule has 0 aliphatic carbocycles. The van der Waals surface area contributed by atoms with Gasteiger partial charge in [-0.1, -0.05) is 0 Å². The fourth-order valence-corrected chi connectivity index (χ4v) is 1.15. The van der Waals surface area contributed by atoms with Gasteiger partial charge < -0.3 is 4.74 Å². The average molecular weight is 234 g/mol. The fraction of sp³-hybridized carbons (Fsp3) is 0.385. The zero-order valence-electron chi connectivity index (χ0n) is 10.7. The maximum atomic E-state index is 10.6. The van der Waals surface area contributed by atoms with Gasteiger partial charge in [0.2, 0.25) is 0 Å². The van der Waals surface area contributed by atoms with Crippen LogP contribution < -0.4 is 10.2 Å². The number of Topliss-reactive ketones (excluding diaryl/α,β-unsaturated/α-hetero) is 1. The zero-order chi connectivity index (χ0) is 12.9. The largest absolute Gasteiger partial charge is 0.488 e. The van der Waals surface area contributed by atoms with Crippen molar-refractivity contribution in [2.45, 2.75) is 33.3 Å². The van der Waals surface area contributed by atoms with Gasteiger partial charge in [-0.3, -0.25) is 10.2 Å². The topological polar surface area (TPSA) is 50.7 Å². The van der Waals surface area contributed by atoms with Crippen LogP contribution in [0, 0.1) is 0 Å². The Bertz CT molecular complexity index is 402. The quantitative estimate of drug-likeness (QED) is 0.643. The highest BCUT2D eigenvalue weighted by Crippen LogP contribution is 2.20. The van der Waals surface area contributed by atoms with E-state index in [1.807, 2.05) is 45.0 Å². The van der Waals surface area contributed by atoms with Gasteiger partial charge in [-0.2, -0.15) is 5.10 Å². The van der Waals surface area contributed by atoms with Crippen LogP contribution in [0.15, 0.2) is 29.4 Å². The molecule has 0 saturated carbocycles. The van der Waals surface area contributed by atoms with Gasteiger partial charge in [0.1, 0.15) is 11.4 Å². The smallest absolute Gasteiger partial charge is 0.172 e. The summed E-state index contributed by atoms with van der Waals surface area (Å²) in [5.74, 6) is 0.712. The van der Waals surface area contributed by atoms with Crippen LogP contribution in [-0.2, 0) is 4.79 Å². The molecule has 1 aromatic rings. The summed E-state index contributed by atoms with van der Waals surface area (Å²) < 4.78 is 5.68. The molecule has 0 saturated heterocycles. The minimum absolute atomic E-state index is 0.0924.